The molecule has 178 valence electrons. The van der Waals surface area contributed by atoms with Crippen molar-refractivity contribution < 1.29 is 4.79 Å². The lowest BCUT2D eigenvalue weighted by Gasteiger charge is -2.14. The Morgan fingerprint density at radius 2 is 1.91 bits per heavy atom. The molecule has 2 heterocycles. The van der Waals surface area contributed by atoms with E-state index in [1.165, 1.54) is 15.3 Å². The van der Waals surface area contributed by atoms with Crippen molar-refractivity contribution in [2.45, 2.75) is 30.8 Å². The van der Waals surface area contributed by atoms with E-state index in [2.05, 4.69) is 78.7 Å². The van der Waals surface area contributed by atoms with Gasteiger partial charge >= 0.3 is 0 Å². The van der Waals surface area contributed by atoms with Crippen LogP contribution in [0.3, 0.4) is 0 Å². The number of amides is 1. The van der Waals surface area contributed by atoms with Crippen LogP contribution in [-0.4, -0.2) is 37.1 Å². The first-order valence-corrected chi connectivity index (χ1v) is 12.9. The molecule has 35 heavy (non-hydrogen) atoms. The first-order chi connectivity index (χ1) is 17.0. The minimum atomic E-state index is -0.435. The van der Waals surface area contributed by atoms with E-state index in [1.54, 1.807) is 18.6 Å². The number of hydrogen-bond donors (Lipinski definition) is 2. The van der Waals surface area contributed by atoms with Crippen LogP contribution in [0.15, 0.2) is 83.3 Å². The van der Waals surface area contributed by atoms with Crippen LogP contribution in [0.2, 0.25) is 0 Å². The van der Waals surface area contributed by atoms with Crippen LogP contribution in [0.5, 0.6) is 0 Å². The Bertz CT molecular complexity index is 1310. The summed E-state index contributed by atoms with van der Waals surface area (Å²) < 4.78 is 3.16. The van der Waals surface area contributed by atoms with Crippen molar-refractivity contribution in [3.8, 4) is 5.69 Å². The summed E-state index contributed by atoms with van der Waals surface area (Å²) in [5.41, 5.74) is 6.58. The van der Waals surface area contributed by atoms with Gasteiger partial charge in [-0.1, -0.05) is 30.0 Å². The van der Waals surface area contributed by atoms with E-state index < -0.39 is 5.25 Å². The fraction of sp³-hybridized carbons (Fsp3) is 0.160. The van der Waals surface area contributed by atoms with Gasteiger partial charge in [0.15, 0.2) is 11.0 Å². The van der Waals surface area contributed by atoms with Crippen LogP contribution in [0.4, 0.5) is 5.69 Å². The number of hydrogen-bond acceptors (Lipinski definition) is 7. The van der Waals surface area contributed by atoms with Gasteiger partial charge in [0.1, 0.15) is 0 Å². The summed E-state index contributed by atoms with van der Waals surface area (Å²) in [6, 6.07) is 19.8. The van der Waals surface area contributed by atoms with Gasteiger partial charge in [0.2, 0.25) is 0 Å². The Kier molecular flexibility index (Phi) is 8.48. The Morgan fingerprint density at radius 1 is 1.14 bits per heavy atom. The monoisotopic (exact) mass is 597 g/mol. The van der Waals surface area contributed by atoms with Crippen LogP contribution in [-0.2, 0) is 11.3 Å². The van der Waals surface area contributed by atoms with Crippen LogP contribution in [0, 0.1) is 10.5 Å². The largest absolute Gasteiger partial charge is 0.378 e. The van der Waals surface area contributed by atoms with E-state index in [0.717, 1.165) is 28.3 Å². The number of thioether (sulfide) groups is 1. The second-order valence-electron chi connectivity index (χ2n) is 7.66. The summed E-state index contributed by atoms with van der Waals surface area (Å²) in [4.78, 5) is 16.6. The average Bonchev–Trinajstić information content (AvgIpc) is 3.26. The molecule has 0 saturated heterocycles. The van der Waals surface area contributed by atoms with Crippen molar-refractivity contribution in [3.05, 3.63) is 93.6 Å². The molecule has 0 radical (unpaired) electrons. The summed E-state index contributed by atoms with van der Waals surface area (Å²) >= 11 is 3.64. The van der Waals surface area contributed by atoms with Gasteiger partial charge in [0.05, 0.1) is 18.0 Å². The highest BCUT2D eigenvalue weighted by Crippen LogP contribution is 2.26. The molecule has 2 N–H and O–H groups in total. The van der Waals surface area contributed by atoms with Crippen LogP contribution < -0.4 is 10.7 Å². The number of benzene rings is 2. The Morgan fingerprint density at radius 3 is 2.66 bits per heavy atom. The van der Waals surface area contributed by atoms with Gasteiger partial charge in [-0.3, -0.25) is 14.3 Å². The number of nitrogens with zero attached hydrogens (tertiary/aromatic N) is 5. The molecule has 0 unspecified atom stereocenters. The number of nitrogens with one attached hydrogen (secondary N) is 2. The molecule has 2 aromatic heterocycles. The van der Waals surface area contributed by atoms with Gasteiger partial charge in [-0.15, -0.1) is 10.2 Å². The molecular weight excluding hydrogens is 573 g/mol. The zero-order chi connectivity index (χ0) is 24.6. The molecular formula is C25H24IN7OS. The van der Waals surface area contributed by atoms with E-state index in [0.29, 0.717) is 11.7 Å². The van der Waals surface area contributed by atoms with Gasteiger partial charge < -0.3 is 5.32 Å². The van der Waals surface area contributed by atoms with Crippen molar-refractivity contribution >= 4 is 52.2 Å². The number of rotatable bonds is 9. The standard InChI is InChI=1S/C25H24IN7OS/c1-17-14-20(26)8-9-22(17)28-16-23-30-32-25(33(23)21-6-4-3-5-7-21)35-18(2)24(34)31-29-15-19-10-12-27-13-11-19/h3-15,18,28H,16H2,1-2H3,(H,31,34)/b29-15-/t18-/m1/s1. The number of halogens is 1. The van der Waals surface area contributed by atoms with Crippen molar-refractivity contribution in [3.63, 3.8) is 0 Å². The summed E-state index contributed by atoms with van der Waals surface area (Å²) in [5, 5.41) is 16.5. The lowest BCUT2D eigenvalue weighted by atomic mass is 10.2. The molecule has 1 amide bonds. The fourth-order valence-corrected chi connectivity index (χ4v) is 4.78. The molecule has 0 fully saturated rings. The van der Waals surface area contributed by atoms with Crippen molar-refractivity contribution in [1.82, 2.24) is 25.2 Å². The maximum absolute atomic E-state index is 12.6. The third-order valence-electron chi connectivity index (χ3n) is 5.09. The maximum atomic E-state index is 12.6. The second-order valence-corrected chi connectivity index (χ2v) is 10.2. The Hall–Kier alpha value is -3.25. The lowest BCUT2D eigenvalue weighted by molar-refractivity contribution is -0.120. The summed E-state index contributed by atoms with van der Waals surface area (Å²) in [6.07, 6.45) is 4.93. The smallest absolute Gasteiger partial charge is 0.253 e. The normalized spacial score (nSPS) is 12.0. The van der Waals surface area contributed by atoms with Crippen molar-refractivity contribution in [2.75, 3.05) is 5.32 Å². The third kappa shape index (κ3) is 6.67. The predicted octanol–water partition coefficient (Wildman–Crippen LogP) is 4.82. The zero-order valence-electron chi connectivity index (χ0n) is 19.2. The number of pyridine rings is 1. The molecule has 4 rings (SSSR count). The third-order valence-corrected chi connectivity index (χ3v) is 6.80. The van der Waals surface area contributed by atoms with Crippen LogP contribution in [0.25, 0.3) is 5.69 Å². The van der Waals surface area contributed by atoms with E-state index in [-0.39, 0.29) is 5.91 Å². The number of carbonyl (C=O) groups excluding carboxylic acids is 1. The quantitative estimate of drug-likeness (QED) is 0.124. The molecule has 1 atom stereocenters. The first-order valence-electron chi connectivity index (χ1n) is 10.9. The fourth-order valence-electron chi connectivity index (χ4n) is 3.25. The molecule has 0 aliphatic heterocycles. The summed E-state index contributed by atoms with van der Waals surface area (Å²) in [5.74, 6) is 0.525. The highest BCUT2D eigenvalue weighted by Gasteiger charge is 2.21. The SMILES string of the molecule is Cc1cc(I)ccc1NCc1nnc(S[C@H](C)C(=O)N/N=C\c2ccncc2)n1-c1ccccc1. The van der Waals surface area contributed by atoms with Crippen molar-refractivity contribution in [2.24, 2.45) is 5.10 Å². The van der Waals surface area contributed by atoms with Crippen LogP contribution in [0.1, 0.15) is 23.9 Å². The average molecular weight is 597 g/mol. The van der Waals surface area contributed by atoms with Gasteiger partial charge in [-0.2, -0.15) is 5.10 Å². The zero-order valence-corrected chi connectivity index (χ0v) is 22.2. The highest BCUT2D eigenvalue weighted by atomic mass is 127. The van der Waals surface area contributed by atoms with Gasteiger partial charge in [-0.05, 0) is 90.0 Å². The van der Waals surface area contributed by atoms with E-state index in [4.69, 9.17) is 0 Å². The van der Waals surface area contributed by atoms with Gasteiger partial charge in [0.25, 0.3) is 5.91 Å². The van der Waals surface area contributed by atoms with Gasteiger partial charge in [0, 0.05) is 27.3 Å². The number of anilines is 1. The highest BCUT2D eigenvalue weighted by molar-refractivity contribution is 14.1. The minimum Gasteiger partial charge on any atom is -0.378 e. The Balaban J connectivity index is 1.49. The molecule has 2 aromatic carbocycles. The number of hydrazone groups is 1. The van der Waals surface area contributed by atoms with E-state index in [9.17, 15) is 4.79 Å². The summed E-state index contributed by atoms with van der Waals surface area (Å²) in [6.45, 7) is 4.38. The lowest BCUT2D eigenvalue weighted by Crippen LogP contribution is -2.27. The topological polar surface area (TPSA) is 97.1 Å². The first kappa shape index (κ1) is 24.9. The van der Waals surface area contributed by atoms with E-state index in [1.807, 2.05) is 54.0 Å². The number of para-hydroxylation sites is 1. The number of carbonyl (C=O) groups is 1. The molecule has 0 bridgehead atoms. The number of aryl methyl sites for hydroxylation is 1. The minimum absolute atomic E-state index is 0.225. The number of aromatic nitrogens is 4. The molecule has 10 heteroatoms. The van der Waals surface area contributed by atoms with Crippen molar-refractivity contribution in [1.29, 1.82) is 0 Å². The molecule has 0 saturated carbocycles. The Labute approximate surface area is 221 Å². The molecule has 8 nitrogen and oxygen atoms in total. The molecule has 0 aliphatic carbocycles. The van der Waals surface area contributed by atoms with Crippen LogP contribution >= 0.6 is 34.4 Å². The maximum Gasteiger partial charge on any atom is 0.253 e. The second kappa shape index (κ2) is 11.9. The molecule has 4 aromatic rings. The predicted molar refractivity (Wildman–Crippen MR) is 148 cm³/mol. The molecule has 0 spiro atoms. The summed E-state index contributed by atoms with van der Waals surface area (Å²) in [7, 11) is 0. The van der Waals surface area contributed by atoms with E-state index >= 15 is 0 Å². The van der Waals surface area contributed by atoms with Gasteiger partial charge in [-0.25, -0.2) is 5.43 Å². The molecule has 0 aliphatic rings.